The molecule has 5 heteroatoms. The van der Waals surface area contributed by atoms with Gasteiger partial charge in [-0.25, -0.2) is 4.98 Å². The van der Waals surface area contributed by atoms with E-state index in [0.29, 0.717) is 0 Å². The molecule has 0 fully saturated rings. The largest absolute Gasteiger partial charge is 0.398 e. The van der Waals surface area contributed by atoms with E-state index >= 15 is 0 Å². The van der Waals surface area contributed by atoms with Crippen molar-refractivity contribution in [2.45, 2.75) is 10.8 Å². The van der Waals surface area contributed by atoms with E-state index in [1.807, 2.05) is 24.3 Å². The van der Waals surface area contributed by atoms with E-state index in [4.69, 9.17) is 5.73 Å². The molecular formula is C14H12N4S. The standard InChI is InChI=1S/C14H12N4S/c15-12-4-3-10(14-11(12)2-1-5-18-14)9-19-13-8-16-6-7-17-13/h1-8H,9,15H2. The summed E-state index contributed by atoms with van der Waals surface area (Å²) in [6.45, 7) is 0. The Morgan fingerprint density at radius 3 is 2.84 bits per heavy atom. The Labute approximate surface area is 115 Å². The van der Waals surface area contributed by atoms with Crippen molar-refractivity contribution in [2.75, 3.05) is 5.73 Å². The van der Waals surface area contributed by atoms with Gasteiger partial charge in [0, 0.05) is 35.4 Å². The number of fused-ring (bicyclic) bond motifs is 1. The summed E-state index contributed by atoms with van der Waals surface area (Å²) in [5.74, 6) is 0.798. The number of pyridine rings is 1. The molecule has 0 aliphatic carbocycles. The molecule has 0 unspecified atom stereocenters. The molecule has 3 aromatic rings. The molecule has 0 radical (unpaired) electrons. The zero-order chi connectivity index (χ0) is 13.1. The lowest BCUT2D eigenvalue weighted by Crippen LogP contribution is -1.93. The maximum absolute atomic E-state index is 5.96. The fraction of sp³-hybridized carbons (Fsp3) is 0.0714. The zero-order valence-electron chi connectivity index (χ0n) is 10.2. The molecule has 0 atom stereocenters. The molecule has 3 rings (SSSR count). The number of anilines is 1. The smallest absolute Gasteiger partial charge is 0.115 e. The normalized spacial score (nSPS) is 10.7. The minimum absolute atomic E-state index is 0.761. The summed E-state index contributed by atoms with van der Waals surface area (Å²) in [4.78, 5) is 12.7. The second-order valence-electron chi connectivity index (χ2n) is 4.05. The van der Waals surface area contributed by atoms with Crippen LogP contribution in [-0.4, -0.2) is 15.0 Å². The molecule has 0 saturated carbocycles. The van der Waals surface area contributed by atoms with E-state index < -0.39 is 0 Å². The second-order valence-corrected chi connectivity index (χ2v) is 5.04. The molecule has 0 saturated heterocycles. The summed E-state index contributed by atoms with van der Waals surface area (Å²) in [6.07, 6.45) is 6.92. The van der Waals surface area contributed by atoms with Gasteiger partial charge in [0.1, 0.15) is 5.03 Å². The van der Waals surface area contributed by atoms with Crippen molar-refractivity contribution >= 4 is 28.4 Å². The average molecular weight is 268 g/mol. The van der Waals surface area contributed by atoms with Gasteiger partial charge in [0.25, 0.3) is 0 Å². The summed E-state index contributed by atoms with van der Waals surface area (Å²) in [7, 11) is 0. The van der Waals surface area contributed by atoms with E-state index in [1.165, 1.54) is 0 Å². The van der Waals surface area contributed by atoms with Gasteiger partial charge in [0.05, 0.1) is 11.7 Å². The van der Waals surface area contributed by atoms with Gasteiger partial charge in [-0.1, -0.05) is 6.07 Å². The Hall–Kier alpha value is -2.14. The van der Waals surface area contributed by atoms with E-state index in [-0.39, 0.29) is 0 Å². The van der Waals surface area contributed by atoms with Crippen LogP contribution in [0.2, 0.25) is 0 Å². The SMILES string of the molecule is Nc1ccc(CSc2cnccn2)c2ncccc12. The van der Waals surface area contributed by atoms with Crippen molar-refractivity contribution < 1.29 is 0 Å². The third-order valence-electron chi connectivity index (χ3n) is 2.80. The van der Waals surface area contributed by atoms with Crippen molar-refractivity contribution in [1.29, 1.82) is 0 Å². The van der Waals surface area contributed by atoms with E-state index in [9.17, 15) is 0 Å². The van der Waals surface area contributed by atoms with Gasteiger partial charge in [-0.3, -0.25) is 9.97 Å². The van der Waals surface area contributed by atoms with Crippen molar-refractivity contribution in [1.82, 2.24) is 15.0 Å². The van der Waals surface area contributed by atoms with Crippen molar-refractivity contribution in [2.24, 2.45) is 0 Å². The summed E-state index contributed by atoms with van der Waals surface area (Å²) >= 11 is 1.64. The molecule has 2 heterocycles. The highest BCUT2D eigenvalue weighted by Gasteiger charge is 2.06. The molecule has 1 aromatic carbocycles. The summed E-state index contributed by atoms with van der Waals surface area (Å²) in [5, 5.41) is 1.91. The summed E-state index contributed by atoms with van der Waals surface area (Å²) in [5.41, 5.74) is 8.83. The van der Waals surface area contributed by atoms with Crippen molar-refractivity contribution in [3.8, 4) is 0 Å². The van der Waals surface area contributed by atoms with Gasteiger partial charge in [-0.15, -0.1) is 11.8 Å². The Balaban J connectivity index is 1.91. The summed E-state index contributed by atoms with van der Waals surface area (Å²) in [6, 6.07) is 7.84. The van der Waals surface area contributed by atoms with Crippen LogP contribution in [0.5, 0.6) is 0 Å². The molecule has 0 amide bonds. The number of benzene rings is 1. The molecule has 94 valence electrons. The van der Waals surface area contributed by atoms with Crippen LogP contribution in [0.25, 0.3) is 10.9 Å². The fourth-order valence-electron chi connectivity index (χ4n) is 1.88. The summed E-state index contributed by atoms with van der Waals surface area (Å²) < 4.78 is 0. The highest BCUT2D eigenvalue weighted by atomic mass is 32.2. The number of aromatic nitrogens is 3. The third-order valence-corrected chi connectivity index (χ3v) is 3.76. The molecular weight excluding hydrogens is 256 g/mol. The Morgan fingerprint density at radius 1 is 1.05 bits per heavy atom. The second kappa shape index (κ2) is 5.24. The van der Waals surface area contributed by atoms with Crippen LogP contribution in [0.15, 0.2) is 54.1 Å². The lowest BCUT2D eigenvalue weighted by Gasteiger charge is -2.07. The first-order valence-corrected chi connectivity index (χ1v) is 6.84. The molecule has 0 aliphatic rings. The van der Waals surface area contributed by atoms with Crippen LogP contribution in [0.3, 0.4) is 0 Å². The van der Waals surface area contributed by atoms with Crippen molar-refractivity contribution in [3.63, 3.8) is 0 Å². The first-order chi connectivity index (χ1) is 9.34. The van der Waals surface area contributed by atoms with E-state index in [2.05, 4.69) is 15.0 Å². The molecule has 0 bridgehead atoms. The van der Waals surface area contributed by atoms with Crippen LogP contribution in [0, 0.1) is 0 Å². The van der Waals surface area contributed by atoms with Crippen molar-refractivity contribution in [3.05, 3.63) is 54.6 Å². The zero-order valence-corrected chi connectivity index (χ0v) is 11.0. The quantitative estimate of drug-likeness (QED) is 0.584. The number of nitrogens with zero attached hydrogens (tertiary/aromatic N) is 3. The topological polar surface area (TPSA) is 64.7 Å². The maximum atomic E-state index is 5.96. The van der Waals surface area contributed by atoms with Gasteiger partial charge in [-0.05, 0) is 23.8 Å². The lowest BCUT2D eigenvalue weighted by atomic mass is 10.1. The van der Waals surface area contributed by atoms with Crippen LogP contribution >= 0.6 is 11.8 Å². The number of nitrogen functional groups attached to an aromatic ring is 1. The molecule has 0 aliphatic heterocycles. The highest BCUT2D eigenvalue weighted by molar-refractivity contribution is 7.98. The third kappa shape index (κ3) is 2.51. The first-order valence-electron chi connectivity index (χ1n) is 5.85. The van der Waals surface area contributed by atoms with Crippen LogP contribution < -0.4 is 5.73 Å². The molecule has 4 nitrogen and oxygen atoms in total. The maximum Gasteiger partial charge on any atom is 0.115 e. The molecule has 2 aromatic heterocycles. The minimum Gasteiger partial charge on any atom is -0.398 e. The van der Waals surface area contributed by atoms with Crippen LogP contribution in [-0.2, 0) is 5.75 Å². The fourth-order valence-corrected chi connectivity index (χ4v) is 2.69. The molecule has 2 N–H and O–H groups in total. The van der Waals surface area contributed by atoms with Gasteiger partial charge >= 0.3 is 0 Å². The number of hydrogen-bond donors (Lipinski definition) is 1. The Bertz CT molecular complexity index is 700. The van der Waals surface area contributed by atoms with Crippen LogP contribution in [0.4, 0.5) is 5.69 Å². The van der Waals surface area contributed by atoms with E-state index in [1.54, 1.807) is 36.5 Å². The number of nitrogens with two attached hydrogens (primary N) is 1. The van der Waals surface area contributed by atoms with Crippen LogP contribution in [0.1, 0.15) is 5.56 Å². The number of hydrogen-bond acceptors (Lipinski definition) is 5. The van der Waals surface area contributed by atoms with Gasteiger partial charge in [0.15, 0.2) is 0 Å². The van der Waals surface area contributed by atoms with Gasteiger partial charge in [0.2, 0.25) is 0 Å². The Morgan fingerprint density at radius 2 is 2.00 bits per heavy atom. The number of rotatable bonds is 3. The van der Waals surface area contributed by atoms with E-state index in [0.717, 1.165) is 32.9 Å². The van der Waals surface area contributed by atoms with Gasteiger partial charge < -0.3 is 5.73 Å². The molecule has 19 heavy (non-hydrogen) atoms. The van der Waals surface area contributed by atoms with Gasteiger partial charge in [-0.2, -0.15) is 0 Å². The minimum atomic E-state index is 0.761. The average Bonchev–Trinajstić information content (AvgIpc) is 2.48. The molecule has 0 spiro atoms. The first kappa shape index (κ1) is 11.9. The predicted molar refractivity (Wildman–Crippen MR) is 77.7 cm³/mol. The Kier molecular flexibility index (Phi) is 3.29. The highest BCUT2D eigenvalue weighted by Crippen LogP contribution is 2.27. The number of thioether (sulfide) groups is 1. The monoisotopic (exact) mass is 268 g/mol. The lowest BCUT2D eigenvalue weighted by molar-refractivity contribution is 1.05. The predicted octanol–water partition coefficient (Wildman–Crippen LogP) is 2.90.